The molecular formula is C29H31N. The number of hydrogen-bond donors (Lipinski definition) is 0. The molecule has 0 aliphatic heterocycles. The van der Waals surface area contributed by atoms with Gasteiger partial charge in [0.1, 0.15) is 0 Å². The zero-order valence-corrected chi connectivity index (χ0v) is 18.7. The number of benzene rings is 3. The quantitative estimate of drug-likeness (QED) is 0.340. The van der Waals surface area contributed by atoms with Gasteiger partial charge in [-0.3, -0.25) is 4.98 Å². The Morgan fingerprint density at radius 3 is 2.20 bits per heavy atom. The number of aromatic nitrogens is 1. The van der Waals surface area contributed by atoms with E-state index >= 15 is 0 Å². The summed E-state index contributed by atoms with van der Waals surface area (Å²) in [4.78, 5) is 4.82. The molecule has 152 valence electrons. The molecule has 0 atom stereocenters. The summed E-state index contributed by atoms with van der Waals surface area (Å²) in [5, 5.41) is 2.48. The van der Waals surface area contributed by atoms with E-state index in [0.717, 1.165) is 12.1 Å². The minimum atomic E-state index is 0.277. The first kappa shape index (κ1) is 20.3. The van der Waals surface area contributed by atoms with Crippen molar-refractivity contribution in [2.24, 2.45) is 5.41 Å². The number of fused-ring (bicyclic) bond motifs is 1. The Hall–Kier alpha value is -2.93. The summed E-state index contributed by atoms with van der Waals surface area (Å²) in [6, 6.07) is 26.5. The number of pyridine rings is 1. The third-order valence-corrected chi connectivity index (χ3v) is 5.57. The van der Waals surface area contributed by atoms with Crippen molar-refractivity contribution in [3.05, 3.63) is 90.1 Å². The lowest BCUT2D eigenvalue weighted by atomic mass is 9.87. The molecule has 4 rings (SSSR count). The minimum absolute atomic E-state index is 0.277. The van der Waals surface area contributed by atoms with E-state index in [1.54, 1.807) is 0 Å². The fraction of sp³-hybridized carbons (Fsp3) is 0.276. The highest BCUT2D eigenvalue weighted by atomic mass is 14.7. The highest BCUT2D eigenvalue weighted by Gasteiger charge is 2.14. The molecule has 1 nitrogen and oxygen atoms in total. The third-order valence-electron chi connectivity index (χ3n) is 5.57. The maximum atomic E-state index is 4.82. The van der Waals surface area contributed by atoms with Gasteiger partial charge in [0.25, 0.3) is 0 Å². The summed E-state index contributed by atoms with van der Waals surface area (Å²) in [6.07, 6.45) is 3.02. The summed E-state index contributed by atoms with van der Waals surface area (Å²) in [5.41, 5.74) is 7.75. The van der Waals surface area contributed by atoms with Crippen molar-refractivity contribution in [3.63, 3.8) is 0 Å². The Bertz CT molecular complexity index is 1160. The molecule has 0 radical (unpaired) electrons. The predicted octanol–water partition coefficient (Wildman–Crippen LogP) is 8.28. The van der Waals surface area contributed by atoms with Crippen molar-refractivity contribution < 1.29 is 0 Å². The van der Waals surface area contributed by atoms with Gasteiger partial charge < -0.3 is 0 Å². The molecule has 0 aliphatic rings. The fourth-order valence-corrected chi connectivity index (χ4v) is 4.10. The third kappa shape index (κ3) is 4.46. The average molecular weight is 394 g/mol. The van der Waals surface area contributed by atoms with Crippen molar-refractivity contribution in [1.82, 2.24) is 4.98 Å². The van der Waals surface area contributed by atoms with E-state index in [-0.39, 0.29) is 5.41 Å². The van der Waals surface area contributed by atoms with Gasteiger partial charge in [0.2, 0.25) is 0 Å². The number of nitrogens with zero attached hydrogens (tertiary/aromatic N) is 1. The van der Waals surface area contributed by atoms with E-state index in [9.17, 15) is 0 Å². The van der Waals surface area contributed by atoms with Crippen molar-refractivity contribution in [1.29, 1.82) is 0 Å². The van der Waals surface area contributed by atoms with E-state index in [4.69, 9.17) is 4.98 Å². The van der Waals surface area contributed by atoms with Crippen molar-refractivity contribution >= 4 is 10.8 Å². The Kier molecular flexibility index (Phi) is 5.47. The molecule has 0 amide bonds. The molecule has 30 heavy (non-hydrogen) atoms. The van der Waals surface area contributed by atoms with Gasteiger partial charge in [-0.05, 0) is 63.6 Å². The molecule has 1 aromatic heterocycles. The summed E-state index contributed by atoms with van der Waals surface area (Å²) < 4.78 is 0. The lowest BCUT2D eigenvalue weighted by molar-refractivity contribution is 0.411. The van der Waals surface area contributed by atoms with Crippen molar-refractivity contribution in [2.45, 2.75) is 47.0 Å². The van der Waals surface area contributed by atoms with E-state index < -0.39 is 0 Å². The maximum absolute atomic E-state index is 4.82. The van der Waals surface area contributed by atoms with Gasteiger partial charge in [-0.25, -0.2) is 0 Å². The molecule has 0 saturated carbocycles. The van der Waals surface area contributed by atoms with Crippen LogP contribution in [0.1, 0.15) is 51.7 Å². The van der Waals surface area contributed by atoms with E-state index in [2.05, 4.69) is 107 Å². The summed E-state index contributed by atoms with van der Waals surface area (Å²) in [5.74, 6) is 0.459. The first-order valence-corrected chi connectivity index (χ1v) is 10.9. The molecule has 1 heteroatoms. The molecule has 4 aromatic rings. The van der Waals surface area contributed by atoms with Crippen LogP contribution in [0.5, 0.6) is 0 Å². The van der Waals surface area contributed by atoms with Crippen LogP contribution in [0.2, 0.25) is 0 Å². The monoisotopic (exact) mass is 393 g/mol. The lowest BCUT2D eigenvalue weighted by Gasteiger charge is -2.19. The van der Waals surface area contributed by atoms with Crippen LogP contribution in [0.3, 0.4) is 0 Å². The molecule has 1 heterocycles. The van der Waals surface area contributed by atoms with Gasteiger partial charge in [0.05, 0.1) is 5.69 Å². The number of hydrogen-bond acceptors (Lipinski definition) is 1. The van der Waals surface area contributed by atoms with Crippen LogP contribution < -0.4 is 0 Å². The van der Waals surface area contributed by atoms with Gasteiger partial charge in [-0.15, -0.1) is 0 Å². The van der Waals surface area contributed by atoms with Crippen LogP contribution in [0.15, 0.2) is 79.0 Å². The molecule has 0 bridgehead atoms. The number of rotatable bonds is 4. The summed E-state index contributed by atoms with van der Waals surface area (Å²) >= 11 is 0. The fourth-order valence-electron chi connectivity index (χ4n) is 4.10. The largest absolute Gasteiger partial charge is 0.256 e. The summed E-state index contributed by atoms with van der Waals surface area (Å²) in [6.45, 7) is 11.4. The van der Waals surface area contributed by atoms with Crippen LogP contribution in [-0.4, -0.2) is 4.98 Å². The summed E-state index contributed by atoms with van der Waals surface area (Å²) in [7, 11) is 0. The smallest absolute Gasteiger partial charge is 0.0780 e. The van der Waals surface area contributed by atoms with Gasteiger partial charge in [0.15, 0.2) is 0 Å². The van der Waals surface area contributed by atoms with Crippen LogP contribution in [-0.2, 0) is 6.42 Å². The second-order valence-electron chi connectivity index (χ2n) is 9.82. The van der Waals surface area contributed by atoms with Crippen LogP contribution in [0.25, 0.3) is 33.2 Å². The van der Waals surface area contributed by atoms with Crippen LogP contribution >= 0.6 is 0 Å². The molecule has 0 aliphatic carbocycles. The topological polar surface area (TPSA) is 12.9 Å². The van der Waals surface area contributed by atoms with Gasteiger partial charge >= 0.3 is 0 Å². The van der Waals surface area contributed by atoms with E-state index in [0.29, 0.717) is 5.92 Å². The Morgan fingerprint density at radius 2 is 1.50 bits per heavy atom. The Balaban J connectivity index is 1.86. The molecule has 0 saturated heterocycles. The van der Waals surface area contributed by atoms with Gasteiger partial charge in [-0.1, -0.05) is 89.2 Å². The van der Waals surface area contributed by atoms with Crippen molar-refractivity contribution in [3.8, 4) is 22.4 Å². The molecule has 0 fully saturated rings. The zero-order valence-electron chi connectivity index (χ0n) is 18.7. The molecule has 3 aromatic carbocycles. The maximum Gasteiger partial charge on any atom is 0.0780 e. The standard InChI is InChI=1S/C29H31N/c1-20(2)24-16-25(22-9-7-6-8-10-22)18-26(17-24)28-27-12-11-21(19-29(3,4)5)15-23(27)13-14-30-28/h6-18,20H,19H2,1-5H3. The van der Waals surface area contributed by atoms with Gasteiger partial charge in [0, 0.05) is 17.1 Å². The zero-order chi connectivity index (χ0) is 21.3. The lowest BCUT2D eigenvalue weighted by Crippen LogP contribution is -2.08. The molecular weight excluding hydrogens is 362 g/mol. The van der Waals surface area contributed by atoms with E-state index in [1.807, 2.05) is 6.20 Å². The highest BCUT2D eigenvalue weighted by molar-refractivity contribution is 5.95. The Labute approximate surface area is 180 Å². The average Bonchev–Trinajstić information content (AvgIpc) is 2.72. The van der Waals surface area contributed by atoms with E-state index in [1.165, 1.54) is 38.6 Å². The molecule has 0 unspecified atom stereocenters. The first-order valence-electron chi connectivity index (χ1n) is 10.9. The van der Waals surface area contributed by atoms with Gasteiger partial charge in [-0.2, -0.15) is 0 Å². The SMILES string of the molecule is CC(C)c1cc(-c2ccccc2)cc(-c2nccc3cc(CC(C)(C)C)ccc23)c1. The predicted molar refractivity (Wildman–Crippen MR) is 130 cm³/mol. The second kappa shape index (κ2) is 8.07. The minimum Gasteiger partial charge on any atom is -0.256 e. The van der Waals surface area contributed by atoms with Crippen LogP contribution in [0, 0.1) is 5.41 Å². The molecule has 0 spiro atoms. The molecule has 0 N–H and O–H groups in total. The van der Waals surface area contributed by atoms with Crippen molar-refractivity contribution in [2.75, 3.05) is 0 Å². The normalized spacial score (nSPS) is 11.9. The van der Waals surface area contributed by atoms with Crippen LogP contribution in [0.4, 0.5) is 0 Å². The Morgan fingerprint density at radius 1 is 0.767 bits per heavy atom. The second-order valence-corrected chi connectivity index (χ2v) is 9.82. The first-order chi connectivity index (χ1) is 14.3. The highest BCUT2D eigenvalue weighted by Crippen LogP contribution is 2.34.